The monoisotopic (exact) mass is 295 g/mol. The number of amides is 1. The maximum atomic E-state index is 11.6. The molecule has 116 valence electrons. The van der Waals surface area contributed by atoms with Gasteiger partial charge in [0, 0.05) is 24.9 Å². The summed E-state index contributed by atoms with van der Waals surface area (Å²) in [5.74, 6) is -1.15. The van der Waals surface area contributed by atoms with Crippen LogP contribution >= 0.6 is 0 Å². The van der Waals surface area contributed by atoms with E-state index in [2.05, 4.69) is 10.3 Å². The smallest absolute Gasteiger partial charge is 0.408 e. The lowest BCUT2D eigenvalue weighted by molar-refractivity contribution is -0.139. The van der Waals surface area contributed by atoms with Gasteiger partial charge in [-0.15, -0.1) is 0 Å². The van der Waals surface area contributed by atoms with Crippen molar-refractivity contribution >= 4 is 12.1 Å². The van der Waals surface area contributed by atoms with Crippen LogP contribution in [0.5, 0.6) is 0 Å². The Morgan fingerprint density at radius 3 is 2.52 bits per heavy atom. The number of ether oxygens (including phenoxy) is 1. The molecule has 0 aromatic carbocycles. The third-order valence-corrected chi connectivity index (χ3v) is 2.52. The standard InChI is InChI=1S/C14H21N3O4/c1-14(2,3)21-13(20)17-11(12(18)19)6-10-5-4-9(7-15)8-16-10/h4-5,8,11H,6-7,15H2,1-3H3,(H,17,20)(H,18,19)/t11-/m0/s1. The topological polar surface area (TPSA) is 115 Å². The molecule has 7 heteroatoms. The molecule has 1 atom stereocenters. The minimum Gasteiger partial charge on any atom is -0.480 e. The number of aliphatic carboxylic acids is 1. The van der Waals surface area contributed by atoms with Crippen LogP contribution in [0, 0.1) is 0 Å². The Bertz CT molecular complexity index is 494. The number of carboxylic acids is 1. The molecular formula is C14H21N3O4. The first-order chi connectivity index (χ1) is 9.71. The molecule has 1 rings (SSSR count). The van der Waals surface area contributed by atoms with Crippen molar-refractivity contribution in [2.75, 3.05) is 0 Å². The Morgan fingerprint density at radius 2 is 2.10 bits per heavy atom. The second-order valence-electron chi connectivity index (χ2n) is 5.60. The summed E-state index contributed by atoms with van der Waals surface area (Å²) in [5.41, 5.74) is 6.18. The maximum Gasteiger partial charge on any atom is 0.408 e. The highest BCUT2D eigenvalue weighted by Gasteiger charge is 2.24. The fourth-order valence-electron chi connectivity index (χ4n) is 1.56. The SMILES string of the molecule is CC(C)(C)OC(=O)N[C@@H](Cc1ccc(CN)cn1)C(=O)O. The number of nitrogens with zero attached hydrogens (tertiary/aromatic N) is 1. The van der Waals surface area contributed by atoms with E-state index in [1.54, 1.807) is 39.1 Å². The highest BCUT2D eigenvalue weighted by atomic mass is 16.6. The fraction of sp³-hybridized carbons (Fsp3) is 0.500. The van der Waals surface area contributed by atoms with Crippen molar-refractivity contribution in [1.82, 2.24) is 10.3 Å². The number of nitrogens with two attached hydrogens (primary N) is 1. The van der Waals surface area contributed by atoms with E-state index in [1.807, 2.05) is 0 Å². The summed E-state index contributed by atoms with van der Waals surface area (Å²) >= 11 is 0. The van der Waals surface area contributed by atoms with Crippen LogP contribution in [0.25, 0.3) is 0 Å². The first kappa shape index (κ1) is 16.9. The average Bonchev–Trinajstić information content (AvgIpc) is 2.36. The number of nitrogens with one attached hydrogen (secondary N) is 1. The number of hydrogen-bond acceptors (Lipinski definition) is 5. The maximum absolute atomic E-state index is 11.6. The molecule has 0 fully saturated rings. The number of hydrogen-bond donors (Lipinski definition) is 3. The van der Waals surface area contributed by atoms with Crippen molar-refractivity contribution in [3.63, 3.8) is 0 Å². The number of carbonyl (C=O) groups excluding carboxylic acids is 1. The average molecular weight is 295 g/mol. The van der Waals surface area contributed by atoms with E-state index in [-0.39, 0.29) is 6.42 Å². The van der Waals surface area contributed by atoms with Crippen molar-refractivity contribution in [3.8, 4) is 0 Å². The summed E-state index contributed by atoms with van der Waals surface area (Å²) in [6, 6.07) is 2.36. The van der Waals surface area contributed by atoms with Crippen LogP contribution in [0.1, 0.15) is 32.0 Å². The Labute approximate surface area is 123 Å². The summed E-state index contributed by atoms with van der Waals surface area (Å²) < 4.78 is 5.04. The predicted molar refractivity (Wildman–Crippen MR) is 76.6 cm³/mol. The van der Waals surface area contributed by atoms with E-state index in [0.717, 1.165) is 5.56 Å². The van der Waals surface area contributed by atoms with Gasteiger partial charge in [0.25, 0.3) is 0 Å². The second-order valence-corrected chi connectivity index (χ2v) is 5.60. The van der Waals surface area contributed by atoms with Gasteiger partial charge in [0.1, 0.15) is 11.6 Å². The Balaban J connectivity index is 2.69. The summed E-state index contributed by atoms with van der Waals surface area (Å²) in [4.78, 5) is 27.0. The third kappa shape index (κ3) is 6.22. The predicted octanol–water partition coefficient (Wildman–Crippen LogP) is 1.06. The molecule has 1 aromatic heterocycles. The van der Waals surface area contributed by atoms with Crippen molar-refractivity contribution in [1.29, 1.82) is 0 Å². The molecule has 1 heterocycles. The van der Waals surface area contributed by atoms with E-state index in [1.165, 1.54) is 0 Å². The molecule has 0 spiro atoms. The van der Waals surface area contributed by atoms with Crippen molar-refractivity contribution in [2.24, 2.45) is 5.73 Å². The van der Waals surface area contributed by atoms with Gasteiger partial charge in [0.2, 0.25) is 0 Å². The zero-order chi connectivity index (χ0) is 16.0. The van der Waals surface area contributed by atoms with Gasteiger partial charge in [0.15, 0.2) is 0 Å². The van der Waals surface area contributed by atoms with E-state index < -0.39 is 23.7 Å². The molecule has 21 heavy (non-hydrogen) atoms. The van der Waals surface area contributed by atoms with Crippen LogP contribution in [-0.4, -0.2) is 33.8 Å². The van der Waals surface area contributed by atoms with Crippen molar-refractivity contribution in [3.05, 3.63) is 29.6 Å². The largest absolute Gasteiger partial charge is 0.480 e. The zero-order valence-corrected chi connectivity index (χ0v) is 12.4. The summed E-state index contributed by atoms with van der Waals surface area (Å²) in [6.45, 7) is 5.48. The van der Waals surface area contributed by atoms with Gasteiger partial charge in [-0.3, -0.25) is 4.98 Å². The summed E-state index contributed by atoms with van der Waals surface area (Å²) in [6.07, 6.45) is 0.884. The molecule has 0 radical (unpaired) electrons. The minimum absolute atomic E-state index is 0.0689. The van der Waals surface area contributed by atoms with Gasteiger partial charge in [-0.2, -0.15) is 0 Å². The number of carbonyl (C=O) groups is 2. The Morgan fingerprint density at radius 1 is 1.43 bits per heavy atom. The van der Waals surface area contributed by atoms with E-state index >= 15 is 0 Å². The van der Waals surface area contributed by atoms with Crippen LogP contribution in [0.2, 0.25) is 0 Å². The minimum atomic E-state index is -1.15. The van der Waals surface area contributed by atoms with Gasteiger partial charge in [-0.05, 0) is 32.4 Å². The lowest BCUT2D eigenvalue weighted by Crippen LogP contribution is -2.44. The molecular weight excluding hydrogens is 274 g/mol. The molecule has 4 N–H and O–H groups in total. The van der Waals surface area contributed by atoms with E-state index in [9.17, 15) is 9.59 Å². The van der Waals surface area contributed by atoms with Crippen LogP contribution in [-0.2, 0) is 22.5 Å². The Kier molecular flexibility index (Phi) is 5.66. The van der Waals surface area contributed by atoms with Crippen LogP contribution in [0.4, 0.5) is 4.79 Å². The number of aromatic nitrogens is 1. The van der Waals surface area contributed by atoms with Gasteiger partial charge in [0.05, 0.1) is 0 Å². The Hall–Kier alpha value is -2.15. The van der Waals surface area contributed by atoms with Gasteiger partial charge >= 0.3 is 12.1 Å². The molecule has 0 saturated heterocycles. The van der Waals surface area contributed by atoms with E-state index in [4.69, 9.17) is 15.6 Å². The molecule has 0 bridgehead atoms. The molecule has 0 aliphatic rings. The highest BCUT2D eigenvalue weighted by Crippen LogP contribution is 2.08. The summed E-state index contributed by atoms with van der Waals surface area (Å²) in [5, 5.41) is 11.5. The van der Waals surface area contributed by atoms with Crippen molar-refractivity contribution < 1.29 is 19.4 Å². The van der Waals surface area contributed by atoms with Gasteiger partial charge in [-0.1, -0.05) is 6.07 Å². The fourth-order valence-corrected chi connectivity index (χ4v) is 1.56. The number of alkyl carbamates (subject to hydrolysis) is 1. The molecule has 0 saturated carbocycles. The van der Waals surface area contributed by atoms with E-state index in [0.29, 0.717) is 12.2 Å². The lowest BCUT2D eigenvalue weighted by Gasteiger charge is -2.21. The van der Waals surface area contributed by atoms with Gasteiger partial charge in [-0.25, -0.2) is 9.59 Å². The molecule has 1 amide bonds. The first-order valence-corrected chi connectivity index (χ1v) is 6.57. The number of rotatable bonds is 5. The van der Waals surface area contributed by atoms with Crippen molar-refractivity contribution in [2.45, 2.75) is 45.4 Å². The normalized spacial score (nSPS) is 12.6. The molecule has 7 nitrogen and oxygen atoms in total. The first-order valence-electron chi connectivity index (χ1n) is 6.57. The summed E-state index contributed by atoms with van der Waals surface area (Å²) in [7, 11) is 0. The highest BCUT2D eigenvalue weighted by molar-refractivity contribution is 5.80. The molecule has 1 aromatic rings. The van der Waals surface area contributed by atoms with Gasteiger partial charge < -0.3 is 20.9 Å². The quantitative estimate of drug-likeness (QED) is 0.748. The van der Waals surface area contributed by atoms with Crippen LogP contribution in [0.3, 0.4) is 0 Å². The zero-order valence-electron chi connectivity index (χ0n) is 12.4. The number of carboxylic acid groups (broad SMARTS) is 1. The van der Waals surface area contributed by atoms with Crippen LogP contribution in [0.15, 0.2) is 18.3 Å². The van der Waals surface area contributed by atoms with Crippen LogP contribution < -0.4 is 11.1 Å². The third-order valence-electron chi connectivity index (χ3n) is 2.52. The molecule has 0 unspecified atom stereocenters. The lowest BCUT2D eigenvalue weighted by atomic mass is 10.1. The number of pyridine rings is 1. The molecule has 0 aliphatic carbocycles. The molecule has 0 aliphatic heterocycles. The second kappa shape index (κ2) is 7.03.